The van der Waals surface area contributed by atoms with E-state index in [9.17, 15) is 0 Å². The van der Waals surface area contributed by atoms with Gasteiger partial charge in [-0.2, -0.15) is 0 Å². The van der Waals surface area contributed by atoms with Crippen LogP contribution in [0.3, 0.4) is 0 Å². The van der Waals surface area contributed by atoms with Crippen LogP contribution in [0.5, 0.6) is 0 Å². The Morgan fingerprint density at radius 3 is 0.500 bits per heavy atom. The standard InChI is InChI=1S/3O3Si.2Os/c3*1-4(2)3;;/q3*-2;;. The van der Waals surface area contributed by atoms with Crippen molar-refractivity contribution in [2.75, 3.05) is 0 Å². The molecule has 9 nitrogen and oxygen atoms in total. The molecular formula is O9Os2Si3-6. The van der Waals surface area contributed by atoms with Crippen molar-refractivity contribution in [2.24, 2.45) is 0 Å². The van der Waals surface area contributed by atoms with Crippen molar-refractivity contribution in [3.63, 3.8) is 0 Å². The maximum absolute atomic E-state index is 8.52. The first kappa shape index (κ1) is 29.2. The number of rotatable bonds is 0. The van der Waals surface area contributed by atoms with Crippen LogP contribution in [-0.2, 0) is 53.0 Å². The summed E-state index contributed by atoms with van der Waals surface area (Å²) >= 11 is 0. The van der Waals surface area contributed by atoms with Crippen molar-refractivity contribution < 1.29 is 81.7 Å². The zero-order chi connectivity index (χ0) is 10.7. The summed E-state index contributed by atoms with van der Waals surface area (Å²) in [5.74, 6) is 0. The fourth-order valence-corrected chi connectivity index (χ4v) is 0. The van der Waals surface area contributed by atoms with Gasteiger partial charge in [-0.1, -0.05) is 0 Å². The summed E-state index contributed by atoms with van der Waals surface area (Å²) < 4.78 is 25.6. The molecule has 0 aromatic carbocycles. The number of hydrogen-bond acceptors (Lipinski definition) is 9. The van der Waals surface area contributed by atoms with Crippen molar-refractivity contribution >= 4 is 27.5 Å². The van der Waals surface area contributed by atoms with Gasteiger partial charge in [-0.3, -0.25) is 0 Å². The van der Waals surface area contributed by atoms with E-state index in [0.717, 1.165) is 0 Å². The second-order valence-electron chi connectivity index (χ2n) is 0.750. The molecule has 0 saturated heterocycles. The average Bonchev–Trinajstić information content (AvgIpc) is 1.54. The Morgan fingerprint density at radius 1 is 0.500 bits per heavy atom. The van der Waals surface area contributed by atoms with Crippen molar-refractivity contribution in [3.05, 3.63) is 0 Å². The molecule has 0 saturated carbocycles. The van der Waals surface area contributed by atoms with Gasteiger partial charge >= 0.3 is 0 Å². The molecule has 0 amide bonds. The Balaban J connectivity index is -0.0000000270. The van der Waals surface area contributed by atoms with Gasteiger partial charge in [0.15, 0.2) is 0 Å². The third kappa shape index (κ3) is 98500. The summed E-state index contributed by atoms with van der Waals surface area (Å²) in [5, 5.41) is 0. The van der Waals surface area contributed by atoms with Crippen LogP contribution < -0.4 is 28.8 Å². The van der Waals surface area contributed by atoms with Gasteiger partial charge in [0.2, 0.25) is 0 Å². The smallest absolute Gasteiger partial charge is 0.0172 e. The van der Waals surface area contributed by atoms with Gasteiger partial charge in [0, 0.05) is 67.1 Å². The predicted octanol–water partition coefficient (Wildman–Crippen LogP) is -8.64. The van der Waals surface area contributed by atoms with Crippen molar-refractivity contribution in [3.8, 4) is 0 Å². The molecule has 0 radical (unpaired) electrons. The van der Waals surface area contributed by atoms with Crippen molar-refractivity contribution in [1.29, 1.82) is 0 Å². The van der Waals surface area contributed by atoms with Crippen LogP contribution in [0.25, 0.3) is 0 Å². The molecule has 0 heterocycles. The summed E-state index contributed by atoms with van der Waals surface area (Å²) in [6, 6.07) is 0. The van der Waals surface area contributed by atoms with E-state index in [1.807, 2.05) is 0 Å². The molecule has 0 N–H and O–H groups in total. The SMILES string of the molecule is O=[Si]([O-])[O-].O=[Si]([O-])[O-].O=[Si]([O-])[O-].[Os].[Os]. The van der Waals surface area contributed by atoms with E-state index < -0.39 is 27.5 Å². The third-order valence-corrected chi connectivity index (χ3v) is 0. The predicted molar refractivity (Wildman–Crippen MR) is 19.3 cm³/mol. The molecule has 0 rings (SSSR count). The zero-order valence-corrected chi connectivity index (χ0v) is 14.0. The first-order chi connectivity index (χ1) is 5.20. The van der Waals surface area contributed by atoms with Crippen LogP contribution in [0.1, 0.15) is 0 Å². The Morgan fingerprint density at radius 2 is 0.500 bits per heavy atom. The first-order valence-corrected chi connectivity index (χ1v) is 5.51. The Bertz CT molecular complexity index is 116. The Hall–Kier alpha value is 0.123. The van der Waals surface area contributed by atoms with E-state index in [1.165, 1.54) is 0 Å². The molecule has 0 fully saturated rings. The van der Waals surface area contributed by atoms with Crippen LogP contribution in [0, 0.1) is 0 Å². The summed E-state index contributed by atoms with van der Waals surface area (Å²) in [6.45, 7) is 0. The Kier molecular flexibility index (Phi) is 48.4. The van der Waals surface area contributed by atoms with Gasteiger partial charge in [-0.25, -0.2) is 0 Å². The minimum absolute atomic E-state index is 0. The maximum Gasteiger partial charge on any atom is 0.0172 e. The molecule has 0 aliphatic carbocycles. The number of hydrogen-bond donors (Lipinski definition) is 0. The van der Waals surface area contributed by atoms with Crippen LogP contribution in [-0.4, -0.2) is 27.5 Å². The van der Waals surface area contributed by atoms with Crippen molar-refractivity contribution in [1.82, 2.24) is 0 Å². The van der Waals surface area contributed by atoms with E-state index in [2.05, 4.69) is 0 Å². The van der Waals surface area contributed by atoms with Gasteiger partial charge < -0.3 is 42.2 Å². The minimum atomic E-state index is -3.63. The zero-order valence-electron chi connectivity index (χ0n) is 5.88. The molecule has 0 bridgehead atoms. The van der Waals surface area contributed by atoms with E-state index in [4.69, 9.17) is 42.2 Å². The first-order valence-electron chi connectivity index (χ1n) is 1.84. The van der Waals surface area contributed by atoms with Crippen LogP contribution in [0.4, 0.5) is 0 Å². The largest absolute Gasteiger partial charge is 0.672 e. The molecule has 0 aliphatic heterocycles. The molecule has 14 heteroatoms. The van der Waals surface area contributed by atoms with Gasteiger partial charge in [0.05, 0.1) is 0 Å². The molecule has 0 aliphatic rings. The summed E-state index contributed by atoms with van der Waals surface area (Å²) in [7, 11) is -10.9. The molecule has 0 spiro atoms. The fraction of sp³-hybridized carbons (Fsp3) is 0. The van der Waals surface area contributed by atoms with E-state index in [0.29, 0.717) is 0 Å². The monoisotopic (exact) mass is 612 g/mol. The quantitative estimate of drug-likeness (QED) is 0.240. The molecule has 0 aromatic rings. The van der Waals surface area contributed by atoms with E-state index in [-0.39, 0.29) is 39.6 Å². The minimum Gasteiger partial charge on any atom is -0.672 e. The Labute approximate surface area is 109 Å². The molecular weight excluding hydrogens is 609 g/mol. The summed E-state index contributed by atoms with van der Waals surface area (Å²) in [6.07, 6.45) is 0. The fourth-order valence-electron chi connectivity index (χ4n) is 0. The topological polar surface area (TPSA) is 190 Å². The van der Waals surface area contributed by atoms with Crippen LogP contribution in [0.2, 0.25) is 0 Å². The molecule has 0 atom stereocenters. The van der Waals surface area contributed by atoms with Gasteiger partial charge in [0.1, 0.15) is 0 Å². The third-order valence-electron chi connectivity index (χ3n) is 0. The molecule has 0 unspecified atom stereocenters. The van der Waals surface area contributed by atoms with Crippen molar-refractivity contribution in [2.45, 2.75) is 0 Å². The maximum atomic E-state index is 8.52. The van der Waals surface area contributed by atoms with Crippen LogP contribution in [0.15, 0.2) is 0 Å². The summed E-state index contributed by atoms with van der Waals surface area (Å²) in [5.41, 5.74) is 0. The van der Waals surface area contributed by atoms with E-state index >= 15 is 0 Å². The second kappa shape index (κ2) is 23.2. The van der Waals surface area contributed by atoms with Gasteiger partial charge in [-0.15, -0.1) is 0 Å². The second-order valence-corrected chi connectivity index (χ2v) is 2.25. The van der Waals surface area contributed by atoms with Gasteiger partial charge in [0.25, 0.3) is 0 Å². The molecule has 14 heavy (non-hydrogen) atoms. The van der Waals surface area contributed by atoms with Gasteiger partial charge in [-0.05, 0) is 0 Å². The normalized spacial score (nSPS) is 5.14. The van der Waals surface area contributed by atoms with Crippen LogP contribution >= 0.6 is 0 Å². The summed E-state index contributed by atoms with van der Waals surface area (Å²) in [4.78, 5) is 51.1. The van der Waals surface area contributed by atoms with E-state index in [1.54, 1.807) is 0 Å². The molecule has 88 valence electrons. The molecule has 0 aromatic heterocycles. The average molecular weight is 609 g/mol.